The van der Waals surface area contributed by atoms with Gasteiger partial charge in [0.05, 0.1) is 4.90 Å². The van der Waals surface area contributed by atoms with Crippen molar-refractivity contribution in [2.24, 2.45) is 17.6 Å². The van der Waals surface area contributed by atoms with Crippen LogP contribution in [0.1, 0.15) is 41.6 Å². The largest absolute Gasteiger partial charge is 0.338 e. The number of rotatable bonds is 4. The van der Waals surface area contributed by atoms with Crippen molar-refractivity contribution >= 4 is 15.9 Å². The Bertz CT molecular complexity index is 804. The molecule has 0 bridgehead atoms. The summed E-state index contributed by atoms with van der Waals surface area (Å²) in [5.41, 5.74) is 7.44. The first-order valence-corrected chi connectivity index (χ1v) is 10.5. The minimum atomic E-state index is -3.56. The topological polar surface area (TPSA) is 92.5 Å². The third-order valence-corrected chi connectivity index (χ3v) is 7.37. The molecular weight excluding hydrogens is 338 g/mol. The minimum Gasteiger partial charge on any atom is -0.338 e. The number of hydrogen-bond donors (Lipinski definition) is 2. The summed E-state index contributed by atoms with van der Waals surface area (Å²) in [5, 5.41) is 0. The average molecular weight is 363 g/mol. The van der Waals surface area contributed by atoms with Crippen molar-refractivity contribution in [2.75, 3.05) is 13.1 Å². The summed E-state index contributed by atoms with van der Waals surface area (Å²) in [5.74, 6) is 0.790. The SMILES string of the molecule is Cc1ccc(S(=O)(=O)NC2CC2)cc1C(=O)N1CC2CCC(N)C2C1. The van der Waals surface area contributed by atoms with Gasteiger partial charge < -0.3 is 10.6 Å². The Balaban J connectivity index is 1.57. The summed E-state index contributed by atoms with van der Waals surface area (Å²) in [6.07, 6.45) is 3.88. The molecule has 1 aliphatic heterocycles. The molecule has 0 radical (unpaired) electrons. The van der Waals surface area contributed by atoms with Gasteiger partial charge in [-0.2, -0.15) is 0 Å². The lowest BCUT2D eigenvalue weighted by Gasteiger charge is -2.20. The van der Waals surface area contributed by atoms with Crippen molar-refractivity contribution in [2.45, 2.75) is 49.6 Å². The lowest BCUT2D eigenvalue weighted by Crippen LogP contribution is -2.34. The zero-order valence-electron chi connectivity index (χ0n) is 14.4. The number of benzene rings is 1. The van der Waals surface area contributed by atoms with E-state index >= 15 is 0 Å². The molecule has 4 rings (SSSR count). The number of fused-ring (bicyclic) bond motifs is 1. The Hall–Kier alpha value is -1.44. The van der Waals surface area contributed by atoms with Gasteiger partial charge in [-0.1, -0.05) is 6.07 Å². The van der Waals surface area contributed by atoms with E-state index in [2.05, 4.69) is 4.72 Å². The van der Waals surface area contributed by atoms with Gasteiger partial charge in [-0.05, 0) is 62.1 Å². The third kappa shape index (κ3) is 3.20. The van der Waals surface area contributed by atoms with E-state index in [4.69, 9.17) is 5.73 Å². The van der Waals surface area contributed by atoms with E-state index in [1.807, 2.05) is 11.8 Å². The smallest absolute Gasteiger partial charge is 0.254 e. The summed E-state index contributed by atoms with van der Waals surface area (Å²) in [6, 6.07) is 5.04. The van der Waals surface area contributed by atoms with Gasteiger partial charge >= 0.3 is 0 Å². The van der Waals surface area contributed by atoms with Crippen LogP contribution in [-0.2, 0) is 10.0 Å². The van der Waals surface area contributed by atoms with Crippen molar-refractivity contribution in [3.8, 4) is 0 Å². The number of amides is 1. The summed E-state index contributed by atoms with van der Waals surface area (Å²) >= 11 is 0. The third-order valence-electron chi connectivity index (χ3n) is 5.85. The standard InChI is InChI=1S/C18H25N3O3S/c1-11-2-6-14(25(23,24)20-13-4-5-13)8-15(11)18(22)21-9-12-3-7-17(19)16(12)10-21/h2,6,8,12-13,16-17,20H,3-5,7,9-10,19H2,1H3. The van der Waals surface area contributed by atoms with Crippen molar-refractivity contribution < 1.29 is 13.2 Å². The van der Waals surface area contributed by atoms with E-state index in [9.17, 15) is 13.2 Å². The maximum absolute atomic E-state index is 13.0. The molecule has 136 valence electrons. The first kappa shape index (κ1) is 17.0. The Kier molecular flexibility index (Phi) is 4.13. The fraction of sp³-hybridized carbons (Fsp3) is 0.611. The van der Waals surface area contributed by atoms with Crippen LogP contribution in [-0.4, -0.2) is 44.4 Å². The Morgan fingerprint density at radius 2 is 1.96 bits per heavy atom. The van der Waals surface area contributed by atoms with E-state index in [1.165, 1.54) is 6.07 Å². The molecule has 1 heterocycles. The molecule has 1 saturated heterocycles. The molecule has 7 heteroatoms. The molecule has 3 unspecified atom stereocenters. The molecule has 3 atom stereocenters. The Labute approximate surface area is 148 Å². The van der Waals surface area contributed by atoms with Crippen LogP contribution in [0.25, 0.3) is 0 Å². The van der Waals surface area contributed by atoms with Gasteiger partial charge in [0.25, 0.3) is 5.91 Å². The van der Waals surface area contributed by atoms with Crippen molar-refractivity contribution in [1.29, 1.82) is 0 Å². The monoisotopic (exact) mass is 363 g/mol. The zero-order chi connectivity index (χ0) is 17.8. The van der Waals surface area contributed by atoms with Crippen LogP contribution < -0.4 is 10.5 Å². The van der Waals surface area contributed by atoms with Gasteiger partial charge in [-0.3, -0.25) is 4.79 Å². The number of nitrogens with two attached hydrogens (primary N) is 1. The predicted molar refractivity (Wildman–Crippen MR) is 94.6 cm³/mol. The van der Waals surface area contributed by atoms with Crippen LogP contribution in [0.15, 0.2) is 23.1 Å². The first-order valence-electron chi connectivity index (χ1n) is 9.03. The van der Waals surface area contributed by atoms with Crippen molar-refractivity contribution in [3.05, 3.63) is 29.3 Å². The van der Waals surface area contributed by atoms with Gasteiger partial charge in [-0.15, -0.1) is 0 Å². The summed E-state index contributed by atoms with van der Waals surface area (Å²) in [6.45, 7) is 3.26. The van der Waals surface area contributed by atoms with Crippen molar-refractivity contribution in [3.63, 3.8) is 0 Å². The van der Waals surface area contributed by atoms with Crippen LogP contribution in [0.4, 0.5) is 0 Å². The van der Waals surface area contributed by atoms with Gasteiger partial charge in [0.1, 0.15) is 0 Å². The maximum atomic E-state index is 13.0. The van der Waals surface area contributed by atoms with Crippen molar-refractivity contribution in [1.82, 2.24) is 9.62 Å². The van der Waals surface area contributed by atoms with Gasteiger partial charge in [0.15, 0.2) is 0 Å². The number of nitrogens with zero attached hydrogens (tertiary/aromatic N) is 1. The lowest BCUT2D eigenvalue weighted by atomic mass is 9.98. The number of hydrogen-bond acceptors (Lipinski definition) is 4. The molecule has 1 aromatic rings. The number of sulfonamides is 1. The maximum Gasteiger partial charge on any atom is 0.254 e. The first-order chi connectivity index (χ1) is 11.8. The molecule has 6 nitrogen and oxygen atoms in total. The van der Waals surface area contributed by atoms with Gasteiger partial charge in [0, 0.05) is 30.7 Å². The second-order valence-electron chi connectivity index (χ2n) is 7.75. The normalized spacial score (nSPS) is 29.0. The molecule has 0 aromatic heterocycles. The van der Waals surface area contributed by atoms with Gasteiger partial charge in [0.2, 0.25) is 10.0 Å². The highest BCUT2D eigenvalue weighted by molar-refractivity contribution is 7.89. The highest BCUT2D eigenvalue weighted by Gasteiger charge is 2.42. The molecule has 3 fully saturated rings. The molecule has 1 aromatic carbocycles. The van der Waals surface area contributed by atoms with Crippen LogP contribution in [0.5, 0.6) is 0 Å². The number of aryl methyl sites for hydroxylation is 1. The molecule has 25 heavy (non-hydrogen) atoms. The number of carbonyl (C=O) groups is 1. The highest BCUT2D eigenvalue weighted by Crippen LogP contribution is 2.37. The fourth-order valence-corrected chi connectivity index (χ4v) is 5.46. The molecule has 0 spiro atoms. The zero-order valence-corrected chi connectivity index (χ0v) is 15.3. The summed E-state index contributed by atoms with van der Waals surface area (Å²) < 4.78 is 27.6. The van der Waals surface area contributed by atoms with E-state index < -0.39 is 10.0 Å². The molecule has 1 amide bonds. The van der Waals surface area contributed by atoms with Crippen LogP contribution in [0.3, 0.4) is 0 Å². The van der Waals surface area contributed by atoms with E-state index in [0.717, 1.165) is 37.8 Å². The van der Waals surface area contributed by atoms with Gasteiger partial charge in [-0.25, -0.2) is 13.1 Å². The van der Waals surface area contributed by atoms with E-state index in [0.29, 0.717) is 23.9 Å². The molecule has 2 aliphatic carbocycles. The number of likely N-dealkylation sites (tertiary alicyclic amines) is 1. The molecule has 3 N–H and O–H groups in total. The average Bonchev–Trinajstić information content (AvgIpc) is 3.15. The summed E-state index contributed by atoms with van der Waals surface area (Å²) in [7, 11) is -3.56. The highest BCUT2D eigenvalue weighted by atomic mass is 32.2. The number of carbonyl (C=O) groups excluding carboxylic acids is 1. The lowest BCUT2D eigenvalue weighted by molar-refractivity contribution is 0.0778. The second kappa shape index (κ2) is 6.07. The van der Waals surface area contributed by atoms with E-state index in [1.54, 1.807) is 12.1 Å². The van der Waals surface area contributed by atoms with E-state index in [-0.39, 0.29) is 22.9 Å². The Morgan fingerprint density at radius 1 is 1.20 bits per heavy atom. The van der Waals surface area contributed by atoms with Crippen LogP contribution >= 0.6 is 0 Å². The molecule has 2 saturated carbocycles. The molecule has 3 aliphatic rings. The quantitative estimate of drug-likeness (QED) is 0.842. The summed E-state index contributed by atoms with van der Waals surface area (Å²) in [4.78, 5) is 15.0. The predicted octanol–water partition coefficient (Wildman–Crippen LogP) is 1.25. The number of nitrogens with one attached hydrogen (secondary N) is 1. The molecular formula is C18H25N3O3S. The fourth-order valence-electron chi connectivity index (χ4n) is 4.13. The second-order valence-corrected chi connectivity index (χ2v) is 9.46. The Morgan fingerprint density at radius 3 is 2.64 bits per heavy atom. The van der Waals surface area contributed by atoms with Crippen LogP contribution in [0.2, 0.25) is 0 Å². The van der Waals surface area contributed by atoms with Crippen LogP contribution in [0, 0.1) is 18.8 Å². The minimum absolute atomic E-state index is 0.0462.